The quantitative estimate of drug-likeness (QED) is 0.499. The number of hydrogen-bond donors (Lipinski definition) is 2. The summed E-state index contributed by atoms with van der Waals surface area (Å²) in [6.07, 6.45) is 1.77. The summed E-state index contributed by atoms with van der Waals surface area (Å²) in [5.74, 6) is 0.701. The number of rotatable bonds is 6. The van der Waals surface area contributed by atoms with E-state index in [1.54, 1.807) is 30.6 Å². The average molecular weight is 376 g/mol. The van der Waals surface area contributed by atoms with Crippen LogP contribution in [0.4, 0.5) is 5.69 Å². The molecule has 0 unspecified atom stereocenters. The van der Waals surface area contributed by atoms with Gasteiger partial charge >= 0.3 is 5.69 Å². The third-order valence-electron chi connectivity index (χ3n) is 4.44. The summed E-state index contributed by atoms with van der Waals surface area (Å²) in [5, 5.41) is 17.8. The van der Waals surface area contributed by atoms with Gasteiger partial charge in [-0.1, -0.05) is 6.07 Å². The van der Waals surface area contributed by atoms with Gasteiger partial charge in [0.1, 0.15) is 18.7 Å². The lowest BCUT2D eigenvalue weighted by Crippen LogP contribution is -2.01. The van der Waals surface area contributed by atoms with Crippen LogP contribution in [0.3, 0.4) is 0 Å². The average Bonchev–Trinajstić information content (AvgIpc) is 3.16. The first-order valence-electron chi connectivity index (χ1n) is 8.73. The summed E-state index contributed by atoms with van der Waals surface area (Å²) in [5.41, 5.74) is 4.83. The van der Waals surface area contributed by atoms with E-state index in [0.29, 0.717) is 5.75 Å². The standard InChI is InChI=1S/C21H18N3O4/c25-11-12-28-19-8-6-17(7-9-19)23-14-22-20-13-16(3-10-21(20)23)15-1-4-18(5-2-15)24(26)27/h1-10,13-14,25H,11-12H2,(H,26,27)/q+1. The first-order chi connectivity index (χ1) is 13.7. The number of ether oxygens (including phenoxy) is 1. The van der Waals surface area contributed by atoms with E-state index in [1.165, 1.54) is 0 Å². The van der Waals surface area contributed by atoms with Crippen molar-refractivity contribution in [2.24, 2.45) is 0 Å². The van der Waals surface area contributed by atoms with Crippen molar-refractivity contribution in [1.82, 2.24) is 9.55 Å². The normalized spacial score (nSPS) is 10.9. The van der Waals surface area contributed by atoms with Crippen LogP contribution in [0.25, 0.3) is 27.8 Å². The molecule has 7 heteroatoms. The molecule has 7 nitrogen and oxygen atoms in total. The fraction of sp³-hybridized carbons (Fsp3) is 0.0952. The van der Waals surface area contributed by atoms with Crippen LogP contribution in [-0.4, -0.2) is 38.0 Å². The van der Waals surface area contributed by atoms with Crippen LogP contribution in [0.5, 0.6) is 5.75 Å². The molecule has 1 aromatic heterocycles. The van der Waals surface area contributed by atoms with Gasteiger partial charge in [0.15, 0.2) is 0 Å². The topological polar surface area (TPSA) is 87.6 Å². The zero-order chi connectivity index (χ0) is 19.5. The Bertz CT molecular complexity index is 1120. The van der Waals surface area contributed by atoms with Crippen LogP contribution in [0.2, 0.25) is 0 Å². The molecule has 0 radical (unpaired) electrons. The molecule has 0 saturated heterocycles. The minimum atomic E-state index is -0.158. The van der Waals surface area contributed by atoms with Crippen molar-refractivity contribution in [2.45, 2.75) is 0 Å². The molecule has 0 aliphatic carbocycles. The van der Waals surface area contributed by atoms with E-state index in [9.17, 15) is 4.91 Å². The van der Waals surface area contributed by atoms with Gasteiger partial charge < -0.3 is 9.84 Å². The molecule has 4 aromatic rings. The molecule has 0 atom stereocenters. The molecule has 4 rings (SSSR count). The predicted octanol–water partition coefficient (Wildman–Crippen LogP) is 3.86. The highest BCUT2D eigenvalue weighted by molar-refractivity contribution is 5.83. The van der Waals surface area contributed by atoms with Crippen LogP contribution < -0.4 is 4.74 Å². The maximum atomic E-state index is 10.9. The number of aliphatic hydroxyl groups is 1. The number of hydrogen-bond acceptors (Lipinski definition) is 4. The smallest absolute Gasteiger partial charge is 0.316 e. The highest BCUT2D eigenvalue weighted by Crippen LogP contribution is 2.27. The monoisotopic (exact) mass is 376 g/mol. The van der Waals surface area contributed by atoms with Gasteiger partial charge in [-0.2, -0.15) is 0 Å². The second-order valence-electron chi connectivity index (χ2n) is 6.20. The number of aromatic nitrogens is 2. The Morgan fingerprint density at radius 3 is 2.36 bits per heavy atom. The third kappa shape index (κ3) is 3.43. The molecule has 28 heavy (non-hydrogen) atoms. The van der Waals surface area contributed by atoms with Crippen molar-refractivity contribution in [3.8, 4) is 22.6 Å². The molecule has 0 aliphatic rings. The van der Waals surface area contributed by atoms with Gasteiger partial charge in [0.05, 0.1) is 22.5 Å². The summed E-state index contributed by atoms with van der Waals surface area (Å²) in [4.78, 5) is 15.3. The van der Waals surface area contributed by atoms with Crippen molar-refractivity contribution in [3.63, 3.8) is 0 Å². The van der Waals surface area contributed by atoms with Crippen molar-refractivity contribution in [1.29, 1.82) is 0 Å². The molecule has 0 amide bonds. The third-order valence-corrected chi connectivity index (χ3v) is 4.44. The molecule has 1 heterocycles. The Kier molecular flexibility index (Phi) is 4.74. The van der Waals surface area contributed by atoms with E-state index in [4.69, 9.17) is 15.1 Å². The Morgan fingerprint density at radius 2 is 1.68 bits per heavy atom. The van der Waals surface area contributed by atoms with Crippen LogP contribution >= 0.6 is 0 Å². The lowest BCUT2D eigenvalue weighted by molar-refractivity contribution is -0.729. The first kappa shape index (κ1) is 17.7. The van der Waals surface area contributed by atoms with Gasteiger partial charge in [-0.3, -0.25) is 4.57 Å². The molecule has 140 valence electrons. The van der Waals surface area contributed by atoms with E-state index in [2.05, 4.69) is 4.98 Å². The number of fused-ring (bicyclic) bond motifs is 1. The van der Waals surface area contributed by atoms with Crippen LogP contribution in [0, 0.1) is 4.91 Å². The Balaban J connectivity index is 1.63. The van der Waals surface area contributed by atoms with Crippen molar-refractivity contribution < 1.29 is 20.0 Å². The molecule has 3 aromatic carbocycles. The molecular formula is C21H18N3O4+. The molecule has 0 saturated carbocycles. The summed E-state index contributed by atoms with van der Waals surface area (Å²) in [6, 6.07) is 20.2. The van der Waals surface area contributed by atoms with E-state index in [0.717, 1.165) is 27.8 Å². The van der Waals surface area contributed by atoms with Crippen LogP contribution in [-0.2, 0) is 0 Å². The van der Waals surface area contributed by atoms with Gasteiger partial charge in [0.25, 0.3) is 4.92 Å². The molecule has 0 aliphatic heterocycles. The molecular weight excluding hydrogens is 358 g/mol. The van der Waals surface area contributed by atoms with Gasteiger partial charge in [0, 0.05) is 17.8 Å². The number of aliphatic hydroxyl groups excluding tert-OH is 1. The second kappa shape index (κ2) is 7.50. The SMILES string of the molecule is O=[N+](O)c1ccc(-c2ccc3c(c2)ncn3-c2ccc(OCCO)cc2)cc1. The zero-order valence-corrected chi connectivity index (χ0v) is 14.9. The number of benzene rings is 3. The maximum Gasteiger partial charge on any atom is 0.316 e. The molecule has 0 spiro atoms. The second-order valence-corrected chi connectivity index (χ2v) is 6.20. The van der Waals surface area contributed by atoms with E-state index < -0.39 is 0 Å². The predicted molar refractivity (Wildman–Crippen MR) is 104 cm³/mol. The summed E-state index contributed by atoms with van der Waals surface area (Å²) < 4.78 is 7.37. The Labute approximate surface area is 160 Å². The number of imidazole rings is 1. The largest absolute Gasteiger partial charge is 0.491 e. The van der Waals surface area contributed by atoms with Gasteiger partial charge in [-0.05, 0) is 59.7 Å². The minimum absolute atomic E-state index is 0.0197. The molecule has 0 fully saturated rings. The lowest BCUT2D eigenvalue weighted by atomic mass is 10.0. The summed E-state index contributed by atoms with van der Waals surface area (Å²) in [7, 11) is 0. The first-order valence-corrected chi connectivity index (χ1v) is 8.73. The minimum Gasteiger partial charge on any atom is -0.491 e. The zero-order valence-electron chi connectivity index (χ0n) is 14.9. The fourth-order valence-electron chi connectivity index (χ4n) is 3.05. The lowest BCUT2D eigenvalue weighted by Gasteiger charge is -2.08. The van der Waals surface area contributed by atoms with Crippen molar-refractivity contribution in [2.75, 3.05) is 13.2 Å². The summed E-state index contributed by atoms with van der Waals surface area (Å²) in [6.45, 7) is 0.246. The summed E-state index contributed by atoms with van der Waals surface area (Å²) >= 11 is 0. The van der Waals surface area contributed by atoms with Gasteiger partial charge in [-0.25, -0.2) is 10.2 Å². The fourth-order valence-corrected chi connectivity index (χ4v) is 3.05. The Morgan fingerprint density at radius 1 is 0.964 bits per heavy atom. The maximum absolute atomic E-state index is 10.9. The Hall–Kier alpha value is -3.71. The molecule has 2 N–H and O–H groups in total. The highest BCUT2D eigenvalue weighted by atomic mass is 16.6. The van der Waals surface area contributed by atoms with Crippen molar-refractivity contribution >= 4 is 16.7 Å². The van der Waals surface area contributed by atoms with Crippen LogP contribution in [0.1, 0.15) is 0 Å². The van der Waals surface area contributed by atoms with E-state index >= 15 is 0 Å². The van der Waals surface area contributed by atoms with Gasteiger partial charge in [0.2, 0.25) is 0 Å². The number of nitrogens with zero attached hydrogens (tertiary/aromatic N) is 3. The molecule has 0 bridgehead atoms. The highest BCUT2D eigenvalue weighted by Gasteiger charge is 2.11. The van der Waals surface area contributed by atoms with Gasteiger partial charge in [-0.15, -0.1) is 0 Å². The van der Waals surface area contributed by atoms with E-state index in [-0.39, 0.29) is 23.8 Å². The van der Waals surface area contributed by atoms with Crippen molar-refractivity contribution in [3.05, 3.63) is 78.0 Å². The van der Waals surface area contributed by atoms with E-state index in [1.807, 2.05) is 47.0 Å². The van der Waals surface area contributed by atoms with Crippen LogP contribution in [0.15, 0.2) is 73.1 Å².